The molecule has 0 aliphatic rings. The van der Waals surface area contributed by atoms with E-state index < -0.39 is 5.91 Å². The van der Waals surface area contributed by atoms with Gasteiger partial charge in [0, 0.05) is 18.7 Å². The van der Waals surface area contributed by atoms with Gasteiger partial charge in [0.2, 0.25) is 11.9 Å². The summed E-state index contributed by atoms with van der Waals surface area (Å²) in [4.78, 5) is 29.1. The van der Waals surface area contributed by atoms with Gasteiger partial charge in [0.15, 0.2) is 0 Å². The Balaban J connectivity index is 2.10. The van der Waals surface area contributed by atoms with Crippen molar-refractivity contribution in [1.82, 2.24) is 19.3 Å². The molecule has 8 nitrogen and oxygen atoms in total. The quantitative estimate of drug-likeness (QED) is 0.655. The molecule has 3 N–H and O–H groups in total. The number of carbonyl (C=O) groups is 2. The summed E-state index contributed by atoms with van der Waals surface area (Å²) in [7, 11) is 0. The number of nitrogens with one attached hydrogen (secondary N) is 1. The van der Waals surface area contributed by atoms with E-state index in [9.17, 15) is 9.59 Å². The molecule has 0 radical (unpaired) electrons. The van der Waals surface area contributed by atoms with Crippen molar-refractivity contribution in [2.75, 3.05) is 5.32 Å². The van der Waals surface area contributed by atoms with Crippen molar-refractivity contribution in [3.8, 4) is 0 Å². The highest BCUT2D eigenvalue weighted by Gasteiger charge is 2.20. The zero-order chi connectivity index (χ0) is 20.4. The Hall–Kier alpha value is -3.16. The maximum Gasteiger partial charge on any atom is 0.276 e. The molecule has 3 rings (SSSR count). The van der Waals surface area contributed by atoms with Gasteiger partial charge in [0.1, 0.15) is 5.69 Å². The molecule has 28 heavy (non-hydrogen) atoms. The average Bonchev–Trinajstić information content (AvgIpc) is 3.21. The smallest absolute Gasteiger partial charge is 0.276 e. The van der Waals surface area contributed by atoms with Gasteiger partial charge in [-0.1, -0.05) is 13.8 Å². The molecule has 0 aliphatic carbocycles. The number of fused-ring (bicyclic) bond motifs is 1. The fraction of sp³-hybridized carbons (Fsp3) is 0.400. The number of amides is 2. The SMILES string of the molecule is CCCn1c(NC(=O)c2cc(C)nn2CC)nc2cc(C(N)=O)cc(CC)c21. The summed E-state index contributed by atoms with van der Waals surface area (Å²) >= 11 is 0. The number of nitrogens with zero attached hydrogens (tertiary/aromatic N) is 4. The number of aromatic nitrogens is 4. The molecule has 0 atom stereocenters. The lowest BCUT2D eigenvalue weighted by atomic mass is 10.1. The Morgan fingerprint density at radius 2 is 1.93 bits per heavy atom. The topological polar surface area (TPSA) is 108 Å². The van der Waals surface area contributed by atoms with E-state index in [2.05, 4.69) is 22.3 Å². The first kappa shape index (κ1) is 19.6. The lowest BCUT2D eigenvalue weighted by Crippen LogP contribution is -2.20. The second-order valence-corrected chi connectivity index (χ2v) is 6.75. The summed E-state index contributed by atoms with van der Waals surface area (Å²) in [6.45, 7) is 9.17. The predicted octanol–water partition coefficient (Wildman–Crippen LogP) is 2.88. The number of carbonyl (C=O) groups excluding carboxylic acids is 2. The molecule has 0 saturated carbocycles. The third-order valence-corrected chi connectivity index (χ3v) is 4.69. The number of hydrogen-bond acceptors (Lipinski definition) is 4. The first-order valence-electron chi connectivity index (χ1n) is 9.58. The van der Waals surface area contributed by atoms with E-state index in [4.69, 9.17) is 5.73 Å². The Morgan fingerprint density at radius 1 is 1.18 bits per heavy atom. The molecule has 2 aromatic heterocycles. The normalized spacial score (nSPS) is 11.1. The number of aryl methyl sites for hydroxylation is 4. The third kappa shape index (κ3) is 3.49. The van der Waals surface area contributed by atoms with Crippen LogP contribution in [0.1, 0.15) is 59.3 Å². The van der Waals surface area contributed by atoms with Crippen LogP contribution in [-0.4, -0.2) is 31.1 Å². The third-order valence-electron chi connectivity index (χ3n) is 4.69. The maximum atomic E-state index is 12.9. The van der Waals surface area contributed by atoms with Gasteiger partial charge in [0.25, 0.3) is 5.91 Å². The molecule has 0 unspecified atom stereocenters. The first-order chi connectivity index (χ1) is 13.4. The summed E-state index contributed by atoms with van der Waals surface area (Å²) in [5.41, 5.74) is 9.71. The monoisotopic (exact) mass is 382 g/mol. The Labute approximate surface area is 163 Å². The highest BCUT2D eigenvalue weighted by molar-refractivity contribution is 6.03. The molecule has 2 amide bonds. The fourth-order valence-electron chi connectivity index (χ4n) is 3.44. The van der Waals surface area contributed by atoms with Gasteiger partial charge in [-0.2, -0.15) is 5.10 Å². The molecule has 0 saturated heterocycles. The van der Waals surface area contributed by atoms with E-state index >= 15 is 0 Å². The van der Waals surface area contributed by atoms with Gasteiger partial charge < -0.3 is 10.3 Å². The van der Waals surface area contributed by atoms with E-state index in [1.165, 1.54) is 0 Å². The van der Waals surface area contributed by atoms with Crippen LogP contribution in [0.3, 0.4) is 0 Å². The number of imidazole rings is 1. The molecular weight excluding hydrogens is 356 g/mol. The second kappa shape index (κ2) is 7.84. The summed E-state index contributed by atoms with van der Waals surface area (Å²) < 4.78 is 3.66. The van der Waals surface area contributed by atoms with Crippen LogP contribution in [0, 0.1) is 6.92 Å². The van der Waals surface area contributed by atoms with Gasteiger partial charge >= 0.3 is 0 Å². The van der Waals surface area contributed by atoms with Crippen molar-refractivity contribution < 1.29 is 9.59 Å². The predicted molar refractivity (Wildman–Crippen MR) is 109 cm³/mol. The highest BCUT2D eigenvalue weighted by Crippen LogP contribution is 2.26. The average molecular weight is 382 g/mol. The van der Waals surface area contributed by atoms with Gasteiger partial charge in [-0.05, 0) is 50.5 Å². The molecule has 3 aromatic rings. The van der Waals surface area contributed by atoms with Crippen molar-refractivity contribution in [2.45, 2.75) is 53.6 Å². The summed E-state index contributed by atoms with van der Waals surface area (Å²) in [6.07, 6.45) is 1.60. The summed E-state index contributed by atoms with van der Waals surface area (Å²) in [5.74, 6) is -0.294. The van der Waals surface area contributed by atoms with E-state index in [0.717, 1.165) is 29.6 Å². The van der Waals surface area contributed by atoms with Gasteiger partial charge in [0.05, 0.1) is 16.7 Å². The lowest BCUT2D eigenvalue weighted by Gasteiger charge is -2.11. The number of anilines is 1. The van der Waals surface area contributed by atoms with Crippen molar-refractivity contribution in [2.24, 2.45) is 5.73 Å². The molecule has 8 heteroatoms. The van der Waals surface area contributed by atoms with Crippen molar-refractivity contribution in [3.05, 3.63) is 40.7 Å². The van der Waals surface area contributed by atoms with Crippen LogP contribution >= 0.6 is 0 Å². The fourth-order valence-corrected chi connectivity index (χ4v) is 3.44. The number of rotatable bonds is 7. The van der Waals surface area contributed by atoms with Crippen molar-refractivity contribution in [1.29, 1.82) is 0 Å². The Morgan fingerprint density at radius 3 is 2.54 bits per heavy atom. The minimum atomic E-state index is -0.491. The Bertz CT molecular complexity index is 1050. The van der Waals surface area contributed by atoms with Crippen LogP contribution in [-0.2, 0) is 19.5 Å². The number of nitrogens with two attached hydrogens (primary N) is 1. The van der Waals surface area contributed by atoms with Crippen molar-refractivity contribution >= 4 is 28.8 Å². The van der Waals surface area contributed by atoms with E-state index in [0.29, 0.717) is 35.8 Å². The van der Waals surface area contributed by atoms with Crippen LogP contribution in [0.25, 0.3) is 11.0 Å². The van der Waals surface area contributed by atoms with E-state index in [-0.39, 0.29) is 5.91 Å². The minimum Gasteiger partial charge on any atom is -0.366 e. The Kier molecular flexibility index (Phi) is 5.48. The molecule has 2 heterocycles. The van der Waals surface area contributed by atoms with Crippen molar-refractivity contribution in [3.63, 3.8) is 0 Å². The second-order valence-electron chi connectivity index (χ2n) is 6.75. The largest absolute Gasteiger partial charge is 0.366 e. The van der Waals surface area contributed by atoms with Gasteiger partial charge in [-0.3, -0.25) is 19.6 Å². The van der Waals surface area contributed by atoms with Crippen LogP contribution in [0.5, 0.6) is 0 Å². The number of hydrogen-bond donors (Lipinski definition) is 2. The summed E-state index contributed by atoms with van der Waals surface area (Å²) in [6, 6.07) is 5.24. The zero-order valence-electron chi connectivity index (χ0n) is 16.7. The lowest BCUT2D eigenvalue weighted by molar-refractivity contribution is 0.0996. The number of benzene rings is 1. The van der Waals surface area contributed by atoms with Crippen LogP contribution in [0.4, 0.5) is 5.95 Å². The molecule has 1 aromatic carbocycles. The highest BCUT2D eigenvalue weighted by atomic mass is 16.2. The molecule has 148 valence electrons. The molecule has 0 spiro atoms. The van der Waals surface area contributed by atoms with E-state index in [1.54, 1.807) is 22.9 Å². The molecular formula is C20H26N6O2. The molecule has 0 aliphatic heterocycles. The maximum absolute atomic E-state index is 12.9. The van der Waals surface area contributed by atoms with Crippen LogP contribution in [0.15, 0.2) is 18.2 Å². The van der Waals surface area contributed by atoms with Gasteiger partial charge in [-0.25, -0.2) is 4.98 Å². The molecule has 0 fully saturated rings. The summed E-state index contributed by atoms with van der Waals surface area (Å²) in [5, 5.41) is 7.25. The van der Waals surface area contributed by atoms with Crippen LogP contribution < -0.4 is 11.1 Å². The number of primary amides is 1. The first-order valence-corrected chi connectivity index (χ1v) is 9.58. The molecule has 0 bridgehead atoms. The van der Waals surface area contributed by atoms with Crippen LogP contribution in [0.2, 0.25) is 0 Å². The standard InChI is InChI=1S/C20H26N6O2/c1-5-8-25-17-13(6-2)10-14(18(21)27)11-15(17)22-20(25)23-19(28)16-9-12(4)24-26(16)7-3/h9-11H,5-8H2,1-4H3,(H2,21,27)(H,22,23,28). The van der Waals surface area contributed by atoms with E-state index in [1.807, 2.05) is 25.3 Å². The zero-order valence-corrected chi connectivity index (χ0v) is 16.7. The minimum absolute atomic E-state index is 0.261. The van der Waals surface area contributed by atoms with Gasteiger partial charge in [-0.15, -0.1) is 0 Å².